The molecule has 5 nitrogen and oxygen atoms in total. The second-order valence-corrected chi connectivity index (χ2v) is 8.22. The minimum atomic E-state index is 0.0974. The standard InChI is InChI=1S/C20H25N3O2S/c1-15(24)21-11-6-12-22(14-13-21)19(25)18-16-7-2-3-8-17(16)26-20(18)23-9-4-5-10-23/h4-5,9-10H,2-3,6-8,11-14H2,1H3. The van der Waals surface area contributed by atoms with Crippen molar-refractivity contribution in [3.05, 3.63) is 40.5 Å². The van der Waals surface area contributed by atoms with Crippen molar-refractivity contribution in [2.75, 3.05) is 26.2 Å². The Morgan fingerprint density at radius 3 is 2.38 bits per heavy atom. The van der Waals surface area contributed by atoms with Crippen molar-refractivity contribution in [1.29, 1.82) is 0 Å². The molecule has 6 heteroatoms. The molecule has 2 amide bonds. The molecule has 0 N–H and O–H groups in total. The summed E-state index contributed by atoms with van der Waals surface area (Å²) in [6, 6.07) is 4.01. The minimum absolute atomic E-state index is 0.0974. The van der Waals surface area contributed by atoms with Gasteiger partial charge in [0.15, 0.2) is 0 Å². The van der Waals surface area contributed by atoms with Crippen LogP contribution in [0.4, 0.5) is 0 Å². The molecule has 0 unspecified atom stereocenters. The van der Waals surface area contributed by atoms with Gasteiger partial charge in [0, 0.05) is 50.4 Å². The summed E-state index contributed by atoms with van der Waals surface area (Å²) in [6.07, 6.45) is 9.34. The molecule has 0 bridgehead atoms. The van der Waals surface area contributed by atoms with E-state index in [-0.39, 0.29) is 11.8 Å². The van der Waals surface area contributed by atoms with E-state index in [1.54, 1.807) is 18.3 Å². The maximum Gasteiger partial charge on any atom is 0.257 e. The van der Waals surface area contributed by atoms with Crippen LogP contribution in [0.15, 0.2) is 24.5 Å². The van der Waals surface area contributed by atoms with Crippen LogP contribution >= 0.6 is 11.3 Å². The highest BCUT2D eigenvalue weighted by Gasteiger charge is 2.30. The zero-order valence-electron chi connectivity index (χ0n) is 15.2. The summed E-state index contributed by atoms with van der Waals surface area (Å²) in [6.45, 7) is 4.32. The van der Waals surface area contributed by atoms with E-state index in [1.807, 2.05) is 34.3 Å². The van der Waals surface area contributed by atoms with E-state index >= 15 is 0 Å². The summed E-state index contributed by atoms with van der Waals surface area (Å²) in [4.78, 5) is 30.4. The van der Waals surface area contributed by atoms with Crippen molar-refractivity contribution < 1.29 is 9.59 Å². The largest absolute Gasteiger partial charge is 0.341 e. The van der Waals surface area contributed by atoms with Crippen molar-refractivity contribution in [3.8, 4) is 5.00 Å². The van der Waals surface area contributed by atoms with E-state index in [1.165, 1.54) is 16.9 Å². The Labute approximate surface area is 158 Å². The fourth-order valence-electron chi connectivity index (χ4n) is 4.02. The summed E-state index contributed by atoms with van der Waals surface area (Å²) in [5, 5.41) is 1.06. The lowest BCUT2D eigenvalue weighted by atomic mass is 9.95. The number of hydrogen-bond acceptors (Lipinski definition) is 3. The van der Waals surface area contributed by atoms with Gasteiger partial charge >= 0.3 is 0 Å². The third-order valence-corrected chi connectivity index (χ3v) is 6.74. The minimum Gasteiger partial charge on any atom is -0.341 e. The lowest BCUT2D eigenvalue weighted by Crippen LogP contribution is -2.37. The molecular weight excluding hydrogens is 346 g/mol. The van der Waals surface area contributed by atoms with Gasteiger partial charge in [0.25, 0.3) is 5.91 Å². The molecule has 4 rings (SSSR count). The second-order valence-electron chi connectivity index (χ2n) is 7.13. The maximum atomic E-state index is 13.5. The molecule has 1 fully saturated rings. The van der Waals surface area contributed by atoms with Gasteiger partial charge < -0.3 is 14.4 Å². The summed E-state index contributed by atoms with van der Waals surface area (Å²) in [7, 11) is 0. The first kappa shape index (κ1) is 17.3. The molecule has 2 aromatic rings. The molecule has 0 atom stereocenters. The fraction of sp³-hybridized carbons (Fsp3) is 0.500. The van der Waals surface area contributed by atoms with Crippen molar-refractivity contribution >= 4 is 23.2 Å². The number of thiophene rings is 1. The van der Waals surface area contributed by atoms with Gasteiger partial charge in [0.2, 0.25) is 5.91 Å². The number of hydrogen-bond donors (Lipinski definition) is 0. The third-order valence-electron chi connectivity index (χ3n) is 5.43. The Balaban J connectivity index is 1.67. The summed E-state index contributed by atoms with van der Waals surface area (Å²) in [5.74, 6) is 0.235. The van der Waals surface area contributed by atoms with Crippen LogP contribution in [0.2, 0.25) is 0 Å². The van der Waals surface area contributed by atoms with Crippen LogP contribution in [0.5, 0.6) is 0 Å². The Kier molecular flexibility index (Phi) is 4.85. The topological polar surface area (TPSA) is 45.6 Å². The van der Waals surface area contributed by atoms with E-state index in [2.05, 4.69) is 4.57 Å². The molecule has 2 aliphatic rings. The number of aromatic nitrogens is 1. The first-order valence-corrected chi connectivity index (χ1v) is 10.3. The lowest BCUT2D eigenvalue weighted by molar-refractivity contribution is -0.128. The van der Waals surface area contributed by atoms with E-state index in [4.69, 9.17) is 0 Å². The maximum absolute atomic E-state index is 13.5. The van der Waals surface area contributed by atoms with Crippen molar-refractivity contribution in [2.24, 2.45) is 0 Å². The van der Waals surface area contributed by atoms with Crippen LogP contribution in [-0.4, -0.2) is 52.4 Å². The van der Waals surface area contributed by atoms with Gasteiger partial charge in [-0.2, -0.15) is 0 Å². The Morgan fingerprint density at radius 2 is 1.62 bits per heavy atom. The van der Waals surface area contributed by atoms with Crippen LogP contribution in [0.1, 0.15) is 47.0 Å². The van der Waals surface area contributed by atoms with E-state index in [0.717, 1.165) is 49.3 Å². The first-order valence-electron chi connectivity index (χ1n) is 9.48. The first-order chi connectivity index (χ1) is 12.6. The molecule has 0 spiro atoms. The highest BCUT2D eigenvalue weighted by atomic mass is 32.1. The van der Waals surface area contributed by atoms with E-state index in [9.17, 15) is 9.59 Å². The smallest absolute Gasteiger partial charge is 0.257 e. The van der Waals surface area contributed by atoms with Gasteiger partial charge in [0.1, 0.15) is 5.00 Å². The van der Waals surface area contributed by atoms with E-state index < -0.39 is 0 Å². The molecule has 26 heavy (non-hydrogen) atoms. The zero-order chi connectivity index (χ0) is 18.1. The van der Waals surface area contributed by atoms with Crippen LogP contribution in [0, 0.1) is 0 Å². The van der Waals surface area contributed by atoms with Crippen molar-refractivity contribution in [3.63, 3.8) is 0 Å². The van der Waals surface area contributed by atoms with Crippen LogP contribution in [0.3, 0.4) is 0 Å². The lowest BCUT2D eigenvalue weighted by Gasteiger charge is -2.23. The molecular formula is C20H25N3O2S. The Bertz CT molecular complexity index is 809. The van der Waals surface area contributed by atoms with Crippen molar-refractivity contribution in [1.82, 2.24) is 14.4 Å². The van der Waals surface area contributed by atoms with Gasteiger partial charge in [-0.1, -0.05) is 0 Å². The highest BCUT2D eigenvalue weighted by molar-refractivity contribution is 7.15. The second kappa shape index (κ2) is 7.27. The monoisotopic (exact) mass is 371 g/mol. The summed E-state index contributed by atoms with van der Waals surface area (Å²) < 4.78 is 2.08. The number of carbonyl (C=O) groups is 2. The quantitative estimate of drug-likeness (QED) is 0.814. The number of fused-ring (bicyclic) bond motifs is 1. The number of carbonyl (C=O) groups excluding carboxylic acids is 2. The van der Waals surface area contributed by atoms with Crippen LogP contribution in [0.25, 0.3) is 5.00 Å². The molecule has 1 aliphatic heterocycles. The van der Waals surface area contributed by atoms with Gasteiger partial charge in [-0.05, 0) is 49.8 Å². The fourth-order valence-corrected chi connectivity index (χ4v) is 5.36. The average Bonchev–Trinajstić information content (AvgIpc) is 3.22. The molecule has 1 saturated heterocycles. The highest BCUT2D eigenvalue weighted by Crippen LogP contribution is 2.37. The van der Waals surface area contributed by atoms with Crippen LogP contribution < -0.4 is 0 Å². The molecule has 138 valence electrons. The predicted octanol–water partition coefficient (Wildman–Crippen LogP) is 3.11. The number of aryl methyl sites for hydroxylation is 1. The third kappa shape index (κ3) is 3.18. The zero-order valence-corrected chi connectivity index (χ0v) is 16.1. The van der Waals surface area contributed by atoms with Crippen LogP contribution in [-0.2, 0) is 17.6 Å². The summed E-state index contributed by atoms with van der Waals surface area (Å²) in [5.41, 5.74) is 2.17. The van der Waals surface area contributed by atoms with Gasteiger partial charge in [-0.15, -0.1) is 11.3 Å². The number of nitrogens with zero attached hydrogens (tertiary/aromatic N) is 3. The Morgan fingerprint density at radius 1 is 0.923 bits per heavy atom. The number of rotatable bonds is 2. The molecule has 2 aromatic heterocycles. The van der Waals surface area contributed by atoms with Gasteiger partial charge in [-0.3, -0.25) is 9.59 Å². The SMILES string of the molecule is CC(=O)N1CCCN(C(=O)c2c(-n3cccc3)sc3c2CCCC3)CC1. The molecule has 0 radical (unpaired) electrons. The average molecular weight is 372 g/mol. The molecule has 0 aromatic carbocycles. The van der Waals surface area contributed by atoms with Gasteiger partial charge in [-0.25, -0.2) is 0 Å². The Hall–Kier alpha value is -2.08. The predicted molar refractivity (Wildman–Crippen MR) is 103 cm³/mol. The molecule has 0 saturated carbocycles. The van der Waals surface area contributed by atoms with Gasteiger partial charge in [0.05, 0.1) is 5.56 Å². The molecule has 1 aliphatic carbocycles. The number of amides is 2. The van der Waals surface area contributed by atoms with Crippen molar-refractivity contribution in [2.45, 2.75) is 39.0 Å². The summed E-state index contributed by atoms with van der Waals surface area (Å²) >= 11 is 1.77. The normalized spacial score (nSPS) is 17.7. The van der Waals surface area contributed by atoms with E-state index in [0.29, 0.717) is 13.1 Å². The molecule has 3 heterocycles.